The first-order chi connectivity index (χ1) is 15.7. The van der Waals surface area contributed by atoms with E-state index >= 15 is 0 Å². The van der Waals surface area contributed by atoms with E-state index in [4.69, 9.17) is 15.0 Å². The monoisotopic (exact) mass is 430 g/mol. The molecule has 32 heavy (non-hydrogen) atoms. The standard InChI is InChI=1S/C26H34N6/c1-31(2)18-28-20-12-14-21(15-13-20)32(17-25-29-22-9-3-4-10-23(22)30-25)24-11-5-7-19-8-6-16-27-26(19)24/h3-4,6,8-10,16,18,20-21,24H,5,7,11-15,17H2,1-2H3,(H,29,30)/b28-18+/t20-,21-,24?. The number of H-pyrrole nitrogens is 1. The lowest BCUT2D eigenvalue weighted by Gasteiger charge is -2.42. The largest absolute Gasteiger partial charge is 0.369 e. The van der Waals surface area contributed by atoms with Crippen LogP contribution in [-0.2, 0) is 13.0 Å². The number of aliphatic imine (C=N–C) groups is 1. The topological polar surface area (TPSA) is 60.4 Å². The summed E-state index contributed by atoms with van der Waals surface area (Å²) < 4.78 is 0. The number of pyridine rings is 1. The zero-order chi connectivity index (χ0) is 21.9. The van der Waals surface area contributed by atoms with Crippen molar-refractivity contribution in [3.63, 3.8) is 0 Å². The van der Waals surface area contributed by atoms with Gasteiger partial charge in [0.05, 0.1) is 41.7 Å². The highest BCUT2D eigenvalue weighted by Crippen LogP contribution is 2.38. The van der Waals surface area contributed by atoms with Gasteiger partial charge in [-0.2, -0.15) is 0 Å². The minimum atomic E-state index is 0.361. The van der Waals surface area contributed by atoms with E-state index in [0.29, 0.717) is 18.1 Å². The van der Waals surface area contributed by atoms with Crippen molar-refractivity contribution in [3.05, 3.63) is 59.7 Å². The number of nitrogens with zero attached hydrogens (tertiary/aromatic N) is 5. The minimum absolute atomic E-state index is 0.361. The maximum atomic E-state index is 4.92. The van der Waals surface area contributed by atoms with E-state index in [1.165, 1.54) is 36.9 Å². The highest BCUT2D eigenvalue weighted by atomic mass is 15.2. The number of benzene rings is 1. The summed E-state index contributed by atoms with van der Waals surface area (Å²) >= 11 is 0. The molecule has 0 radical (unpaired) electrons. The van der Waals surface area contributed by atoms with Gasteiger partial charge in [0.25, 0.3) is 0 Å². The quantitative estimate of drug-likeness (QED) is 0.453. The second-order valence-corrected chi connectivity index (χ2v) is 9.52. The number of para-hydroxylation sites is 2. The van der Waals surface area contributed by atoms with Crippen LogP contribution in [0.15, 0.2) is 47.6 Å². The van der Waals surface area contributed by atoms with Crippen LogP contribution in [0.3, 0.4) is 0 Å². The molecule has 2 aromatic heterocycles. The lowest BCUT2D eigenvalue weighted by molar-refractivity contribution is 0.0762. The van der Waals surface area contributed by atoms with Crippen LogP contribution in [0.5, 0.6) is 0 Å². The lowest BCUT2D eigenvalue weighted by atomic mass is 9.86. The summed E-state index contributed by atoms with van der Waals surface area (Å²) in [5.74, 6) is 1.06. The average molecular weight is 431 g/mol. The summed E-state index contributed by atoms with van der Waals surface area (Å²) in [6.07, 6.45) is 12.1. The normalized spacial score (nSPS) is 23.7. The number of aromatic amines is 1. The minimum Gasteiger partial charge on any atom is -0.369 e. The third kappa shape index (κ3) is 4.56. The summed E-state index contributed by atoms with van der Waals surface area (Å²) in [6, 6.07) is 14.0. The molecule has 2 aliphatic rings. The molecule has 3 aromatic rings. The highest BCUT2D eigenvalue weighted by Gasteiger charge is 2.34. The van der Waals surface area contributed by atoms with E-state index in [2.05, 4.69) is 46.3 Å². The molecule has 0 amide bonds. The number of nitrogens with one attached hydrogen (secondary N) is 1. The molecule has 0 aliphatic heterocycles. The Hall–Kier alpha value is -2.73. The van der Waals surface area contributed by atoms with E-state index in [1.54, 1.807) is 0 Å². The molecule has 1 saturated carbocycles. The van der Waals surface area contributed by atoms with E-state index < -0.39 is 0 Å². The van der Waals surface area contributed by atoms with Crippen LogP contribution in [0, 0.1) is 0 Å². The van der Waals surface area contributed by atoms with Crippen molar-refractivity contribution in [2.24, 2.45) is 4.99 Å². The second kappa shape index (κ2) is 9.41. The molecule has 1 aromatic carbocycles. The van der Waals surface area contributed by atoms with Crippen molar-refractivity contribution in [2.75, 3.05) is 14.1 Å². The first-order valence-corrected chi connectivity index (χ1v) is 12.0. The Kier molecular flexibility index (Phi) is 6.21. The number of fused-ring (bicyclic) bond motifs is 2. The summed E-state index contributed by atoms with van der Waals surface area (Å²) in [7, 11) is 4.08. The van der Waals surface area contributed by atoms with Crippen LogP contribution in [0.4, 0.5) is 0 Å². The summed E-state index contributed by atoms with van der Waals surface area (Å²) in [4.78, 5) is 22.9. The number of hydrogen-bond donors (Lipinski definition) is 1. The Balaban J connectivity index is 1.41. The summed E-state index contributed by atoms with van der Waals surface area (Å²) in [5.41, 5.74) is 4.86. The lowest BCUT2D eigenvalue weighted by Crippen LogP contribution is -2.42. The molecule has 1 N–H and O–H groups in total. The van der Waals surface area contributed by atoms with Crippen molar-refractivity contribution >= 4 is 17.4 Å². The molecule has 2 aliphatic carbocycles. The van der Waals surface area contributed by atoms with Gasteiger partial charge in [0.1, 0.15) is 5.82 Å². The van der Waals surface area contributed by atoms with Gasteiger partial charge in [-0.05, 0) is 68.7 Å². The summed E-state index contributed by atoms with van der Waals surface area (Å²) in [5, 5.41) is 0. The maximum absolute atomic E-state index is 4.92. The molecule has 1 atom stereocenters. The molecule has 6 nitrogen and oxygen atoms in total. The first-order valence-electron chi connectivity index (χ1n) is 12.0. The van der Waals surface area contributed by atoms with E-state index in [9.17, 15) is 0 Å². The average Bonchev–Trinajstić information content (AvgIpc) is 3.24. The number of aryl methyl sites for hydroxylation is 1. The van der Waals surface area contributed by atoms with Gasteiger partial charge in [-0.25, -0.2) is 4.98 Å². The fraction of sp³-hybridized carbons (Fsp3) is 0.500. The molecule has 0 bridgehead atoms. The second-order valence-electron chi connectivity index (χ2n) is 9.52. The van der Waals surface area contributed by atoms with Crippen LogP contribution >= 0.6 is 0 Å². The van der Waals surface area contributed by atoms with Crippen molar-refractivity contribution in [1.82, 2.24) is 24.8 Å². The predicted molar refractivity (Wildman–Crippen MR) is 130 cm³/mol. The van der Waals surface area contributed by atoms with Gasteiger partial charge in [0, 0.05) is 26.3 Å². The fourth-order valence-electron chi connectivity index (χ4n) is 5.42. The number of rotatable bonds is 6. The molecule has 2 heterocycles. The molecule has 168 valence electrons. The van der Waals surface area contributed by atoms with Crippen LogP contribution in [-0.4, -0.2) is 57.3 Å². The Labute approximate surface area is 190 Å². The van der Waals surface area contributed by atoms with E-state index in [-0.39, 0.29) is 0 Å². The smallest absolute Gasteiger partial charge is 0.121 e. The fourth-order valence-corrected chi connectivity index (χ4v) is 5.42. The third-order valence-corrected chi connectivity index (χ3v) is 6.98. The Morgan fingerprint density at radius 2 is 1.91 bits per heavy atom. The first kappa shape index (κ1) is 21.1. The molecule has 0 saturated heterocycles. The SMILES string of the molecule is CN(C)/C=N/[C@H]1CC[C@H](N(Cc2nc3ccccc3[nH]2)C2CCCc3cccnc32)CC1. The Morgan fingerprint density at radius 1 is 1.06 bits per heavy atom. The highest BCUT2D eigenvalue weighted by molar-refractivity contribution is 5.74. The Bertz CT molecular complexity index is 1030. The van der Waals surface area contributed by atoms with Gasteiger partial charge in [-0.3, -0.25) is 14.9 Å². The van der Waals surface area contributed by atoms with E-state index in [1.807, 2.05) is 31.5 Å². The van der Waals surface area contributed by atoms with Gasteiger partial charge < -0.3 is 9.88 Å². The Morgan fingerprint density at radius 3 is 2.72 bits per heavy atom. The van der Waals surface area contributed by atoms with Crippen molar-refractivity contribution in [3.8, 4) is 0 Å². The van der Waals surface area contributed by atoms with Crippen molar-refractivity contribution in [2.45, 2.75) is 69.6 Å². The number of imidazole rings is 1. The van der Waals surface area contributed by atoms with Gasteiger partial charge >= 0.3 is 0 Å². The van der Waals surface area contributed by atoms with Crippen molar-refractivity contribution in [1.29, 1.82) is 0 Å². The van der Waals surface area contributed by atoms with Gasteiger partial charge in [0.15, 0.2) is 0 Å². The zero-order valence-electron chi connectivity index (χ0n) is 19.2. The van der Waals surface area contributed by atoms with Crippen LogP contribution < -0.4 is 0 Å². The molecule has 6 heteroatoms. The number of hydrogen-bond acceptors (Lipinski definition) is 4. The molecule has 1 unspecified atom stereocenters. The molecular formula is C26H34N6. The maximum Gasteiger partial charge on any atom is 0.121 e. The van der Waals surface area contributed by atoms with Crippen LogP contribution in [0.1, 0.15) is 61.6 Å². The van der Waals surface area contributed by atoms with Gasteiger partial charge in [-0.15, -0.1) is 0 Å². The van der Waals surface area contributed by atoms with Crippen molar-refractivity contribution < 1.29 is 0 Å². The predicted octanol–water partition coefficient (Wildman–Crippen LogP) is 4.74. The van der Waals surface area contributed by atoms with Gasteiger partial charge in [-0.1, -0.05) is 18.2 Å². The van der Waals surface area contributed by atoms with E-state index in [0.717, 1.165) is 42.7 Å². The molecule has 1 fully saturated rings. The molecule has 5 rings (SSSR count). The number of aromatic nitrogens is 3. The van der Waals surface area contributed by atoms with Crippen LogP contribution in [0.2, 0.25) is 0 Å². The summed E-state index contributed by atoms with van der Waals surface area (Å²) in [6.45, 7) is 0.839. The third-order valence-electron chi connectivity index (χ3n) is 6.98. The zero-order valence-corrected chi connectivity index (χ0v) is 19.2. The van der Waals surface area contributed by atoms with Gasteiger partial charge in [0.2, 0.25) is 0 Å². The molecular weight excluding hydrogens is 396 g/mol. The van der Waals surface area contributed by atoms with Crippen LogP contribution in [0.25, 0.3) is 11.0 Å². The molecule has 0 spiro atoms.